The fourth-order valence-electron chi connectivity index (χ4n) is 3.23. The first-order valence-corrected chi connectivity index (χ1v) is 12.3. The minimum absolute atomic E-state index is 0.284. The SMILES string of the molecule is CCOC(=O)N1CCN(c2ccccc2NS(=O)c2ccc(S(=O)N(C)C)cc2)CC1. The van der Waals surface area contributed by atoms with Gasteiger partial charge in [-0.15, -0.1) is 0 Å². The van der Waals surface area contributed by atoms with Crippen molar-refractivity contribution in [3.63, 3.8) is 0 Å². The number of anilines is 2. The van der Waals surface area contributed by atoms with Gasteiger partial charge in [-0.25, -0.2) is 17.5 Å². The van der Waals surface area contributed by atoms with Crippen molar-refractivity contribution in [3.8, 4) is 0 Å². The van der Waals surface area contributed by atoms with Gasteiger partial charge in [0.25, 0.3) is 0 Å². The number of nitrogens with one attached hydrogen (secondary N) is 1. The summed E-state index contributed by atoms with van der Waals surface area (Å²) in [5.74, 6) is 0. The number of benzene rings is 2. The standard InChI is InChI=1S/C21H28N4O4S2/c1-4-29-21(26)25-15-13-24(14-16-25)20-8-6-5-7-19(20)22-30(27)17-9-11-18(12-10-17)31(28)23(2)3/h5-12,22H,4,13-16H2,1-3H3. The predicted octanol–water partition coefficient (Wildman–Crippen LogP) is 2.68. The Morgan fingerprint density at radius 2 is 1.61 bits per heavy atom. The summed E-state index contributed by atoms with van der Waals surface area (Å²) in [6.07, 6.45) is -0.284. The minimum atomic E-state index is -1.47. The normalized spacial score (nSPS) is 16.1. The Morgan fingerprint density at radius 1 is 1.00 bits per heavy atom. The fourth-order valence-corrected chi connectivity index (χ4v) is 4.89. The second kappa shape index (κ2) is 10.7. The quantitative estimate of drug-likeness (QED) is 0.681. The molecule has 1 N–H and O–H groups in total. The third kappa shape index (κ3) is 5.84. The van der Waals surface area contributed by atoms with Gasteiger partial charge in [0.1, 0.15) is 22.0 Å². The molecule has 0 aliphatic carbocycles. The summed E-state index contributed by atoms with van der Waals surface area (Å²) in [5, 5.41) is 0. The van der Waals surface area contributed by atoms with Crippen LogP contribution in [0.5, 0.6) is 0 Å². The lowest BCUT2D eigenvalue weighted by atomic mass is 10.2. The number of amides is 1. The summed E-state index contributed by atoms with van der Waals surface area (Å²) in [6, 6.07) is 14.6. The minimum Gasteiger partial charge on any atom is -0.450 e. The summed E-state index contributed by atoms with van der Waals surface area (Å²) in [7, 11) is 0.775. The van der Waals surface area contributed by atoms with Gasteiger partial charge in [-0.2, -0.15) is 0 Å². The Kier molecular flexibility index (Phi) is 8.05. The van der Waals surface area contributed by atoms with E-state index in [0.717, 1.165) is 11.4 Å². The maximum Gasteiger partial charge on any atom is 0.409 e. The van der Waals surface area contributed by atoms with Crippen LogP contribution in [0.2, 0.25) is 0 Å². The molecule has 2 unspecified atom stereocenters. The monoisotopic (exact) mass is 464 g/mol. The lowest BCUT2D eigenvalue weighted by Crippen LogP contribution is -2.49. The Labute approximate surface area is 188 Å². The number of hydrogen-bond acceptors (Lipinski definition) is 5. The highest BCUT2D eigenvalue weighted by Gasteiger charge is 2.23. The van der Waals surface area contributed by atoms with Gasteiger partial charge in [0, 0.05) is 26.2 Å². The third-order valence-electron chi connectivity index (χ3n) is 4.82. The van der Waals surface area contributed by atoms with Gasteiger partial charge < -0.3 is 14.5 Å². The smallest absolute Gasteiger partial charge is 0.409 e. The summed E-state index contributed by atoms with van der Waals surface area (Å²) in [4.78, 5) is 17.0. The zero-order valence-electron chi connectivity index (χ0n) is 17.9. The molecule has 2 aromatic rings. The first-order chi connectivity index (χ1) is 14.9. The highest BCUT2D eigenvalue weighted by Crippen LogP contribution is 2.28. The average Bonchev–Trinajstić information content (AvgIpc) is 2.79. The van der Waals surface area contributed by atoms with Crippen LogP contribution in [-0.4, -0.2) is 70.6 Å². The van der Waals surface area contributed by atoms with E-state index in [4.69, 9.17) is 4.74 Å². The number of rotatable bonds is 7. The fraction of sp³-hybridized carbons (Fsp3) is 0.381. The van der Waals surface area contributed by atoms with Gasteiger partial charge in [-0.1, -0.05) is 12.1 Å². The molecule has 1 aliphatic rings. The van der Waals surface area contributed by atoms with Crippen molar-refractivity contribution in [2.45, 2.75) is 16.7 Å². The molecule has 0 aromatic heterocycles. The van der Waals surface area contributed by atoms with Crippen molar-refractivity contribution in [1.82, 2.24) is 9.21 Å². The number of carbonyl (C=O) groups is 1. The van der Waals surface area contributed by atoms with Crippen LogP contribution in [0.15, 0.2) is 58.3 Å². The van der Waals surface area contributed by atoms with E-state index in [2.05, 4.69) is 9.62 Å². The zero-order chi connectivity index (χ0) is 22.4. The van der Waals surface area contributed by atoms with Gasteiger partial charge in [0.15, 0.2) is 0 Å². The molecule has 2 aromatic carbocycles. The maximum absolute atomic E-state index is 12.9. The van der Waals surface area contributed by atoms with E-state index >= 15 is 0 Å². The molecular formula is C21H28N4O4S2. The molecule has 2 atom stereocenters. The van der Waals surface area contributed by atoms with Crippen molar-refractivity contribution in [1.29, 1.82) is 0 Å². The molecule has 0 bridgehead atoms. The number of para-hydroxylation sites is 2. The molecule has 1 fully saturated rings. The zero-order valence-corrected chi connectivity index (χ0v) is 19.6. The Balaban J connectivity index is 1.68. The van der Waals surface area contributed by atoms with E-state index in [-0.39, 0.29) is 6.09 Å². The van der Waals surface area contributed by atoms with Crippen molar-refractivity contribution in [2.75, 3.05) is 56.5 Å². The molecule has 1 heterocycles. The van der Waals surface area contributed by atoms with Gasteiger partial charge in [-0.05, 0) is 57.4 Å². The van der Waals surface area contributed by atoms with Gasteiger partial charge >= 0.3 is 6.09 Å². The number of ether oxygens (including phenoxy) is 1. The molecular weight excluding hydrogens is 436 g/mol. The summed E-state index contributed by atoms with van der Waals surface area (Å²) >= 11 is 0. The third-order valence-corrected chi connectivity index (χ3v) is 7.27. The summed E-state index contributed by atoms with van der Waals surface area (Å²) < 4.78 is 34.8. The molecule has 1 aliphatic heterocycles. The molecule has 10 heteroatoms. The topological polar surface area (TPSA) is 82.2 Å². The largest absolute Gasteiger partial charge is 0.450 e. The van der Waals surface area contributed by atoms with Crippen molar-refractivity contribution in [2.24, 2.45) is 0 Å². The summed E-state index contributed by atoms with van der Waals surface area (Å²) in [6.45, 7) is 4.63. The first-order valence-electron chi connectivity index (χ1n) is 10.0. The van der Waals surface area contributed by atoms with Gasteiger partial charge in [0.05, 0.1) is 27.8 Å². The van der Waals surface area contributed by atoms with Crippen molar-refractivity contribution in [3.05, 3.63) is 48.5 Å². The highest BCUT2D eigenvalue weighted by atomic mass is 32.2. The maximum atomic E-state index is 12.9. The summed E-state index contributed by atoms with van der Waals surface area (Å²) in [5.41, 5.74) is 1.69. The average molecular weight is 465 g/mol. The Bertz CT molecular complexity index is 945. The first kappa shape index (κ1) is 23.2. The molecule has 0 radical (unpaired) electrons. The second-order valence-electron chi connectivity index (χ2n) is 7.09. The molecule has 1 amide bonds. The number of nitrogens with zero attached hydrogens (tertiary/aromatic N) is 3. The lowest BCUT2D eigenvalue weighted by Gasteiger charge is -2.36. The van der Waals surface area contributed by atoms with E-state index in [9.17, 15) is 13.2 Å². The van der Waals surface area contributed by atoms with Crippen LogP contribution in [0.25, 0.3) is 0 Å². The van der Waals surface area contributed by atoms with E-state index < -0.39 is 22.0 Å². The van der Waals surface area contributed by atoms with Crippen LogP contribution in [0.4, 0.5) is 16.2 Å². The van der Waals surface area contributed by atoms with Gasteiger partial charge in [0.2, 0.25) is 0 Å². The van der Waals surface area contributed by atoms with E-state index in [1.54, 1.807) is 54.5 Å². The molecule has 0 saturated carbocycles. The molecule has 31 heavy (non-hydrogen) atoms. The van der Waals surface area contributed by atoms with E-state index in [0.29, 0.717) is 42.6 Å². The van der Waals surface area contributed by atoms with Gasteiger partial charge in [-0.3, -0.25) is 4.72 Å². The Hall–Kier alpha value is -2.43. The number of carbonyl (C=O) groups excluding carboxylic acids is 1. The van der Waals surface area contributed by atoms with Crippen LogP contribution >= 0.6 is 0 Å². The van der Waals surface area contributed by atoms with Crippen LogP contribution in [-0.2, 0) is 26.7 Å². The molecule has 1 saturated heterocycles. The van der Waals surface area contributed by atoms with Crippen LogP contribution in [0, 0.1) is 0 Å². The van der Waals surface area contributed by atoms with Crippen LogP contribution in [0.1, 0.15) is 6.92 Å². The number of piperazine rings is 1. The molecule has 3 rings (SSSR count). The molecule has 0 spiro atoms. The molecule has 168 valence electrons. The highest BCUT2D eigenvalue weighted by molar-refractivity contribution is 7.86. The van der Waals surface area contributed by atoms with Crippen molar-refractivity contribution < 1.29 is 17.9 Å². The second-order valence-corrected chi connectivity index (χ2v) is 10.0. The van der Waals surface area contributed by atoms with E-state index in [1.165, 1.54) is 0 Å². The predicted molar refractivity (Wildman–Crippen MR) is 124 cm³/mol. The molecule has 8 nitrogen and oxygen atoms in total. The van der Waals surface area contributed by atoms with Crippen LogP contribution < -0.4 is 9.62 Å². The van der Waals surface area contributed by atoms with Crippen LogP contribution in [0.3, 0.4) is 0 Å². The lowest BCUT2D eigenvalue weighted by molar-refractivity contribution is 0.105. The van der Waals surface area contributed by atoms with E-state index in [1.807, 2.05) is 24.3 Å². The Morgan fingerprint density at radius 3 is 2.23 bits per heavy atom. The number of hydrogen-bond donors (Lipinski definition) is 1. The van der Waals surface area contributed by atoms with Crippen molar-refractivity contribution >= 4 is 39.4 Å².